The summed E-state index contributed by atoms with van der Waals surface area (Å²) in [7, 11) is 0. The summed E-state index contributed by atoms with van der Waals surface area (Å²) in [5, 5.41) is 3.36. The van der Waals surface area contributed by atoms with Crippen LogP contribution in [0.1, 0.15) is 54.7 Å². The number of hydrogen-bond acceptors (Lipinski definition) is 5. The Morgan fingerprint density at radius 2 is 2.17 bits per heavy atom. The van der Waals surface area contributed by atoms with Gasteiger partial charge in [0, 0.05) is 62.4 Å². The van der Waals surface area contributed by atoms with Gasteiger partial charge in [-0.15, -0.1) is 0 Å². The molecule has 1 aromatic heterocycles. The van der Waals surface area contributed by atoms with E-state index in [1.807, 2.05) is 42.3 Å². The van der Waals surface area contributed by atoms with Crippen LogP contribution in [0.4, 0.5) is 0 Å². The minimum Gasteiger partial charge on any atom is -0.494 e. The van der Waals surface area contributed by atoms with Gasteiger partial charge in [0.05, 0.1) is 6.61 Å². The molecule has 0 bridgehead atoms. The Kier molecular flexibility index (Phi) is 6.39. The average Bonchev–Trinajstić information content (AvgIpc) is 2.78. The highest BCUT2D eigenvalue weighted by Gasteiger charge is 2.27. The first-order valence-corrected chi connectivity index (χ1v) is 10.8. The van der Waals surface area contributed by atoms with E-state index < -0.39 is 0 Å². The molecule has 1 N–H and O–H groups in total. The van der Waals surface area contributed by atoms with Crippen molar-refractivity contribution in [1.82, 2.24) is 20.2 Å². The molecule has 0 unspecified atom stereocenters. The smallest absolute Gasteiger partial charge is 0.222 e. The van der Waals surface area contributed by atoms with E-state index >= 15 is 0 Å². The first kappa shape index (κ1) is 19.8. The Bertz CT molecular complexity index is 837. The molecule has 29 heavy (non-hydrogen) atoms. The van der Waals surface area contributed by atoms with Gasteiger partial charge >= 0.3 is 0 Å². The van der Waals surface area contributed by atoms with Crippen LogP contribution in [-0.2, 0) is 24.2 Å². The molecule has 3 heterocycles. The zero-order chi connectivity index (χ0) is 20.1. The molecule has 1 amide bonds. The van der Waals surface area contributed by atoms with Crippen molar-refractivity contribution in [3.05, 3.63) is 53.1 Å². The normalized spacial score (nSPS) is 18.9. The Labute approximate surface area is 172 Å². The second-order valence-electron chi connectivity index (χ2n) is 7.88. The van der Waals surface area contributed by atoms with Gasteiger partial charge in [0.1, 0.15) is 11.6 Å². The fraction of sp³-hybridized carbons (Fsp3) is 0.522. The zero-order valence-corrected chi connectivity index (χ0v) is 17.2. The maximum atomic E-state index is 12.8. The lowest BCUT2D eigenvalue weighted by Crippen LogP contribution is -2.39. The largest absolute Gasteiger partial charge is 0.494 e. The van der Waals surface area contributed by atoms with E-state index in [0.717, 1.165) is 63.4 Å². The fourth-order valence-electron chi connectivity index (χ4n) is 4.19. The molecule has 6 nitrogen and oxygen atoms in total. The summed E-state index contributed by atoms with van der Waals surface area (Å²) < 4.78 is 5.48. The minimum absolute atomic E-state index is 0.228. The number of carbonyl (C=O) groups excluding carboxylic acids is 1. The highest BCUT2D eigenvalue weighted by molar-refractivity contribution is 5.76. The van der Waals surface area contributed by atoms with Crippen LogP contribution in [0.15, 0.2) is 30.5 Å². The quantitative estimate of drug-likeness (QED) is 0.816. The number of piperidine rings is 1. The summed E-state index contributed by atoms with van der Waals surface area (Å²) in [6, 6.07) is 8.05. The predicted octanol–water partition coefficient (Wildman–Crippen LogP) is 2.86. The number of hydrogen-bond donors (Lipinski definition) is 1. The van der Waals surface area contributed by atoms with E-state index in [4.69, 9.17) is 9.72 Å². The molecular weight excluding hydrogens is 364 g/mol. The SMILES string of the molecule is CCOc1ccc(CCC(=O)N2CCC[C@H](c3ncc4c(n3)CCNC4)C2)cc1. The third-order valence-corrected chi connectivity index (χ3v) is 5.83. The van der Waals surface area contributed by atoms with Gasteiger partial charge in [-0.3, -0.25) is 4.79 Å². The first-order chi connectivity index (χ1) is 14.2. The maximum Gasteiger partial charge on any atom is 0.222 e. The van der Waals surface area contributed by atoms with Crippen molar-refractivity contribution < 1.29 is 9.53 Å². The van der Waals surface area contributed by atoms with E-state index in [-0.39, 0.29) is 11.8 Å². The van der Waals surface area contributed by atoms with Crippen LogP contribution < -0.4 is 10.1 Å². The highest BCUT2D eigenvalue weighted by atomic mass is 16.5. The van der Waals surface area contributed by atoms with E-state index in [2.05, 4.69) is 10.3 Å². The van der Waals surface area contributed by atoms with Crippen LogP contribution in [0, 0.1) is 0 Å². The van der Waals surface area contributed by atoms with Crippen molar-refractivity contribution in [2.45, 2.75) is 51.5 Å². The topological polar surface area (TPSA) is 67.3 Å². The molecule has 1 saturated heterocycles. The van der Waals surface area contributed by atoms with Crippen molar-refractivity contribution in [2.75, 3.05) is 26.2 Å². The number of likely N-dealkylation sites (tertiary alicyclic amines) is 1. The van der Waals surface area contributed by atoms with Crippen LogP contribution in [0.3, 0.4) is 0 Å². The lowest BCUT2D eigenvalue weighted by atomic mass is 9.96. The molecule has 154 valence electrons. The lowest BCUT2D eigenvalue weighted by Gasteiger charge is -2.32. The third-order valence-electron chi connectivity index (χ3n) is 5.83. The summed E-state index contributed by atoms with van der Waals surface area (Å²) in [4.78, 5) is 24.3. The lowest BCUT2D eigenvalue weighted by molar-refractivity contribution is -0.132. The van der Waals surface area contributed by atoms with Crippen molar-refractivity contribution in [3.8, 4) is 5.75 Å². The number of nitrogens with zero attached hydrogens (tertiary/aromatic N) is 3. The van der Waals surface area contributed by atoms with Crippen LogP contribution in [-0.4, -0.2) is 47.0 Å². The molecule has 2 aliphatic heterocycles. The molecule has 4 rings (SSSR count). The van der Waals surface area contributed by atoms with E-state index in [1.54, 1.807) is 0 Å². The number of rotatable bonds is 6. The van der Waals surface area contributed by atoms with Crippen molar-refractivity contribution in [2.24, 2.45) is 0 Å². The predicted molar refractivity (Wildman–Crippen MR) is 112 cm³/mol. The molecular formula is C23H30N4O2. The fourth-order valence-corrected chi connectivity index (χ4v) is 4.19. The molecule has 0 radical (unpaired) electrons. The Balaban J connectivity index is 1.33. The maximum absolute atomic E-state index is 12.8. The standard InChI is InChI=1S/C23H30N4O2/c1-2-29-20-8-5-17(6-9-20)7-10-22(28)27-13-3-4-18(16-27)23-25-15-19-14-24-12-11-21(19)26-23/h5-6,8-9,15,18,24H,2-4,7,10-14,16H2,1H3/t18-/m0/s1. The van der Waals surface area contributed by atoms with Crippen LogP contribution in [0.5, 0.6) is 5.75 Å². The molecule has 0 spiro atoms. The number of aromatic nitrogens is 2. The zero-order valence-electron chi connectivity index (χ0n) is 17.2. The van der Waals surface area contributed by atoms with Gasteiger partial charge in [0.15, 0.2) is 0 Å². The molecule has 1 atom stereocenters. The number of fused-ring (bicyclic) bond motifs is 1. The van der Waals surface area contributed by atoms with E-state index in [1.165, 1.54) is 16.8 Å². The third kappa shape index (κ3) is 4.93. The summed E-state index contributed by atoms with van der Waals surface area (Å²) in [5.41, 5.74) is 3.55. The van der Waals surface area contributed by atoms with Crippen LogP contribution in [0.25, 0.3) is 0 Å². The molecule has 0 aliphatic carbocycles. The molecule has 2 aromatic rings. The summed E-state index contributed by atoms with van der Waals surface area (Å²) in [6.07, 6.45) is 6.30. The molecule has 1 aromatic carbocycles. The van der Waals surface area contributed by atoms with Crippen molar-refractivity contribution in [1.29, 1.82) is 0 Å². The van der Waals surface area contributed by atoms with Crippen molar-refractivity contribution >= 4 is 5.91 Å². The summed E-state index contributed by atoms with van der Waals surface area (Å²) in [5.74, 6) is 2.26. The van der Waals surface area contributed by atoms with Gasteiger partial charge in [-0.2, -0.15) is 0 Å². The van der Waals surface area contributed by atoms with Crippen molar-refractivity contribution in [3.63, 3.8) is 0 Å². The number of benzene rings is 1. The van der Waals surface area contributed by atoms with Gasteiger partial charge < -0.3 is 15.0 Å². The highest BCUT2D eigenvalue weighted by Crippen LogP contribution is 2.26. The Hall–Kier alpha value is -2.47. The number of amides is 1. The van der Waals surface area contributed by atoms with Gasteiger partial charge in [0.2, 0.25) is 5.91 Å². The number of ether oxygens (including phenoxy) is 1. The van der Waals surface area contributed by atoms with E-state index in [9.17, 15) is 4.79 Å². The first-order valence-electron chi connectivity index (χ1n) is 10.8. The van der Waals surface area contributed by atoms with E-state index in [0.29, 0.717) is 13.0 Å². The summed E-state index contributed by atoms with van der Waals surface area (Å²) in [6.45, 7) is 6.05. The number of nitrogens with one attached hydrogen (secondary N) is 1. The summed E-state index contributed by atoms with van der Waals surface area (Å²) >= 11 is 0. The Morgan fingerprint density at radius 3 is 3.00 bits per heavy atom. The second kappa shape index (κ2) is 9.35. The van der Waals surface area contributed by atoms with Gasteiger partial charge in [0.25, 0.3) is 0 Å². The number of aryl methyl sites for hydroxylation is 1. The second-order valence-corrected chi connectivity index (χ2v) is 7.88. The Morgan fingerprint density at radius 1 is 1.31 bits per heavy atom. The minimum atomic E-state index is 0.228. The van der Waals surface area contributed by atoms with Gasteiger partial charge in [-0.25, -0.2) is 9.97 Å². The number of carbonyl (C=O) groups is 1. The van der Waals surface area contributed by atoms with Crippen LogP contribution in [0.2, 0.25) is 0 Å². The molecule has 1 fully saturated rings. The van der Waals surface area contributed by atoms with Crippen LogP contribution >= 0.6 is 0 Å². The van der Waals surface area contributed by atoms with Gasteiger partial charge in [-0.05, 0) is 43.9 Å². The molecule has 2 aliphatic rings. The van der Waals surface area contributed by atoms with Gasteiger partial charge in [-0.1, -0.05) is 12.1 Å². The molecule has 0 saturated carbocycles. The molecule has 6 heteroatoms. The average molecular weight is 395 g/mol. The monoisotopic (exact) mass is 394 g/mol.